The topological polar surface area (TPSA) is 55.4 Å². The van der Waals surface area contributed by atoms with Crippen molar-refractivity contribution in [3.05, 3.63) is 29.2 Å². The Morgan fingerprint density at radius 3 is 2.89 bits per heavy atom. The molecule has 0 aliphatic carbocycles. The van der Waals surface area contributed by atoms with E-state index in [1.807, 2.05) is 6.92 Å². The van der Waals surface area contributed by atoms with Gasteiger partial charge >= 0.3 is 5.97 Å². The largest absolute Gasteiger partial charge is 0.462 e. The van der Waals surface area contributed by atoms with Crippen LogP contribution in [0.25, 0.3) is 0 Å². The zero-order chi connectivity index (χ0) is 13.5. The molecule has 5 heteroatoms. The zero-order valence-corrected chi connectivity index (χ0v) is 11.4. The molecule has 18 heavy (non-hydrogen) atoms. The molecule has 4 nitrogen and oxygen atoms in total. The molecule has 0 spiro atoms. The summed E-state index contributed by atoms with van der Waals surface area (Å²) < 4.78 is 4.94. The number of allylic oxidation sites excluding steroid dienone is 1. The van der Waals surface area contributed by atoms with Crippen molar-refractivity contribution in [3.8, 4) is 0 Å². The maximum Gasteiger partial charge on any atom is 0.348 e. The lowest BCUT2D eigenvalue weighted by Gasteiger charge is -2.00. The van der Waals surface area contributed by atoms with Crippen LogP contribution in [0.2, 0.25) is 0 Å². The summed E-state index contributed by atoms with van der Waals surface area (Å²) in [6.45, 7) is 7.49. The van der Waals surface area contributed by atoms with Crippen LogP contribution in [0.5, 0.6) is 0 Å². The number of esters is 1. The van der Waals surface area contributed by atoms with E-state index >= 15 is 0 Å². The molecule has 0 saturated carbocycles. The van der Waals surface area contributed by atoms with Crippen molar-refractivity contribution in [2.24, 2.45) is 0 Å². The molecule has 0 fully saturated rings. The Morgan fingerprint density at radius 1 is 1.56 bits per heavy atom. The molecule has 0 aliphatic rings. The fourth-order valence-corrected chi connectivity index (χ4v) is 2.36. The predicted molar refractivity (Wildman–Crippen MR) is 73.1 cm³/mol. The number of rotatable bonds is 6. The van der Waals surface area contributed by atoms with E-state index in [-0.39, 0.29) is 11.9 Å². The lowest BCUT2D eigenvalue weighted by Crippen LogP contribution is -2.09. The molecule has 98 valence electrons. The minimum Gasteiger partial charge on any atom is -0.462 e. The van der Waals surface area contributed by atoms with Crippen LogP contribution < -0.4 is 5.32 Å². The molecule has 0 saturated heterocycles. The smallest absolute Gasteiger partial charge is 0.348 e. The van der Waals surface area contributed by atoms with Gasteiger partial charge in [0, 0.05) is 6.42 Å². The first-order valence-corrected chi connectivity index (χ1v) is 6.58. The molecular formula is C13H17NO3S. The van der Waals surface area contributed by atoms with Gasteiger partial charge in [0.05, 0.1) is 11.6 Å². The molecule has 0 aromatic carbocycles. The fraction of sp³-hybridized carbons (Fsp3) is 0.385. The summed E-state index contributed by atoms with van der Waals surface area (Å²) in [5, 5.41) is 3.43. The van der Waals surface area contributed by atoms with E-state index in [1.54, 1.807) is 19.1 Å². The Bertz CT molecular complexity index is 451. The minimum absolute atomic E-state index is 0.0773. The second-order valence-corrected chi connectivity index (χ2v) is 4.77. The van der Waals surface area contributed by atoms with Gasteiger partial charge in [-0.15, -0.1) is 17.9 Å². The summed E-state index contributed by atoms with van der Waals surface area (Å²) in [4.78, 5) is 23.7. The maximum atomic E-state index is 11.6. The first kappa shape index (κ1) is 14.4. The number of hydrogen-bond acceptors (Lipinski definition) is 4. The Morgan fingerprint density at radius 2 is 2.28 bits per heavy atom. The third kappa shape index (κ3) is 4.00. The summed E-state index contributed by atoms with van der Waals surface area (Å²) in [6.07, 6.45) is 2.74. The highest BCUT2D eigenvalue weighted by Gasteiger charge is 2.15. The SMILES string of the molecule is C=CCCC(=O)Nc1cc(C)c(C(=O)OCC)s1. The number of aryl methyl sites for hydroxylation is 1. The number of anilines is 1. The first-order valence-electron chi connectivity index (χ1n) is 5.76. The van der Waals surface area contributed by atoms with Gasteiger partial charge in [0.2, 0.25) is 5.91 Å². The molecular weight excluding hydrogens is 250 g/mol. The zero-order valence-electron chi connectivity index (χ0n) is 10.6. The third-order valence-corrected chi connectivity index (χ3v) is 3.35. The summed E-state index contributed by atoms with van der Waals surface area (Å²) in [6, 6.07) is 1.78. The van der Waals surface area contributed by atoms with Gasteiger partial charge in [-0.3, -0.25) is 4.79 Å². The molecule has 1 amide bonds. The molecule has 1 aromatic heterocycles. The van der Waals surface area contributed by atoms with E-state index in [4.69, 9.17) is 4.74 Å². The highest BCUT2D eigenvalue weighted by Crippen LogP contribution is 2.27. The fourth-order valence-electron chi connectivity index (χ4n) is 1.38. The number of ether oxygens (including phenoxy) is 1. The lowest BCUT2D eigenvalue weighted by atomic mass is 10.3. The Balaban J connectivity index is 2.69. The summed E-state index contributed by atoms with van der Waals surface area (Å²) in [5.74, 6) is -0.418. The highest BCUT2D eigenvalue weighted by atomic mass is 32.1. The van der Waals surface area contributed by atoms with E-state index in [9.17, 15) is 9.59 Å². The van der Waals surface area contributed by atoms with Crippen molar-refractivity contribution in [2.75, 3.05) is 11.9 Å². The average molecular weight is 267 g/mol. The number of thiophene rings is 1. The van der Waals surface area contributed by atoms with Crippen molar-refractivity contribution in [2.45, 2.75) is 26.7 Å². The normalized spacial score (nSPS) is 9.89. The van der Waals surface area contributed by atoms with E-state index in [0.29, 0.717) is 29.3 Å². The second-order valence-electron chi connectivity index (χ2n) is 3.72. The number of carbonyl (C=O) groups excluding carboxylic acids is 2. The molecule has 0 unspecified atom stereocenters. The van der Waals surface area contributed by atoms with Gasteiger partial charge < -0.3 is 10.1 Å². The molecule has 1 N–H and O–H groups in total. The molecule has 0 atom stereocenters. The van der Waals surface area contributed by atoms with Crippen LogP contribution in [0.15, 0.2) is 18.7 Å². The first-order chi connectivity index (χ1) is 8.58. The van der Waals surface area contributed by atoms with Crippen molar-refractivity contribution >= 4 is 28.2 Å². The molecule has 1 heterocycles. The van der Waals surface area contributed by atoms with Gasteiger partial charge in [-0.2, -0.15) is 0 Å². The predicted octanol–water partition coefficient (Wildman–Crippen LogP) is 3.14. The van der Waals surface area contributed by atoms with Crippen molar-refractivity contribution < 1.29 is 14.3 Å². The van der Waals surface area contributed by atoms with Crippen LogP contribution in [0.4, 0.5) is 5.00 Å². The van der Waals surface area contributed by atoms with Crippen molar-refractivity contribution in [1.82, 2.24) is 0 Å². The number of amides is 1. The highest BCUT2D eigenvalue weighted by molar-refractivity contribution is 7.18. The van der Waals surface area contributed by atoms with Crippen LogP contribution in [-0.4, -0.2) is 18.5 Å². The van der Waals surface area contributed by atoms with Gasteiger partial charge in [0.25, 0.3) is 0 Å². The molecule has 1 rings (SSSR count). The Labute approximate surface area is 111 Å². The van der Waals surface area contributed by atoms with E-state index in [0.717, 1.165) is 5.56 Å². The number of nitrogens with one attached hydrogen (secondary N) is 1. The average Bonchev–Trinajstić information content (AvgIpc) is 2.68. The van der Waals surface area contributed by atoms with Gasteiger partial charge in [-0.1, -0.05) is 6.08 Å². The molecule has 0 aliphatic heterocycles. The molecule has 1 aromatic rings. The van der Waals surface area contributed by atoms with Crippen LogP contribution >= 0.6 is 11.3 Å². The van der Waals surface area contributed by atoms with E-state index < -0.39 is 0 Å². The van der Waals surface area contributed by atoms with Gasteiger partial charge in [-0.05, 0) is 31.9 Å². The summed E-state index contributed by atoms with van der Waals surface area (Å²) in [7, 11) is 0. The molecule has 0 radical (unpaired) electrons. The molecule has 0 bridgehead atoms. The van der Waals surface area contributed by atoms with Gasteiger partial charge in [-0.25, -0.2) is 4.79 Å². The van der Waals surface area contributed by atoms with E-state index in [1.165, 1.54) is 11.3 Å². The standard InChI is InChI=1S/C13H17NO3S/c1-4-6-7-10(15)14-11-8-9(3)12(18-11)13(16)17-5-2/h4,8H,1,5-7H2,2-3H3,(H,14,15). The number of carbonyl (C=O) groups is 2. The van der Waals surface area contributed by atoms with Gasteiger partial charge in [0.1, 0.15) is 4.88 Å². The van der Waals surface area contributed by atoms with Crippen molar-refractivity contribution in [1.29, 1.82) is 0 Å². The minimum atomic E-state index is -0.341. The van der Waals surface area contributed by atoms with E-state index in [2.05, 4.69) is 11.9 Å². The van der Waals surface area contributed by atoms with Crippen LogP contribution in [-0.2, 0) is 9.53 Å². The second kappa shape index (κ2) is 6.96. The monoisotopic (exact) mass is 267 g/mol. The quantitative estimate of drug-likeness (QED) is 0.636. The summed E-state index contributed by atoms with van der Waals surface area (Å²) >= 11 is 1.24. The van der Waals surface area contributed by atoms with Crippen molar-refractivity contribution in [3.63, 3.8) is 0 Å². The van der Waals surface area contributed by atoms with Gasteiger partial charge in [0.15, 0.2) is 0 Å². The summed E-state index contributed by atoms with van der Waals surface area (Å²) in [5.41, 5.74) is 0.817. The maximum absolute atomic E-state index is 11.6. The van der Waals surface area contributed by atoms with Crippen LogP contribution in [0.3, 0.4) is 0 Å². The van der Waals surface area contributed by atoms with Crippen LogP contribution in [0.1, 0.15) is 35.0 Å². The Hall–Kier alpha value is -1.62. The Kier molecular flexibility index (Phi) is 5.58. The number of hydrogen-bond donors (Lipinski definition) is 1. The third-order valence-electron chi connectivity index (χ3n) is 2.22. The lowest BCUT2D eigenvalue weighted by molar-refractivity contribution is -0.116. The van der Waals surface area contributed by atoms with Crippen LogP contribution in [0, 0.1) is 6.92 Å².